The average Bonchev–Trinajstić information content (AvgIpc) is 2.62. The van der Waals surface area contributed by atoms with Gasteiger partial charge in [0.1, 0.15) is 0 Å². The molecule has 2 nitrogen and oxygen atoms in total. The predicted molar refractivity (Wildman–Crippen MR) is 106 cm³/mol. The third kappa shape index (κ3) is 5.12. The van der Waals surface area contributed by atoms with Crippen molar-refractivity contribution in [3.8, 4) is 0 Å². The number of nitrogens with zero attached hydrogens (tertiary/aromatic N) is 1. The fourth-order valence-electron chi connectivity index (χ4n) is 2.63. The highest BCUT2D eigenvalue weighted by molar-refractivity contribution is 5.97. The van der Waals surface area contributed by atoms with Crippen molar-refractivity contribution >= 4 is 11.4 Å². The van der Waals surface area contributed by atoms with E-state index in [0.717, 1.165) is 28.8 Å². The summed E-state index contributed by atoms with van der Waals surface area (Å²) in [6, 6.07) is 9.92. The Morgan fingerprint density at radius 1 is 1.20 bits per heavy atom. The third-order valence-corrected chi connectivity index (χ3v) is 4.10. The minimum Gasteiger partial charge on any atom is -0.294 e. The summed E-state index contributed by atoms with van der Waals surface area (Å²) in [6.45, 7) is 10.2. The quantitative estimate of drug-likeness (QED) is 0.493. The van der Waals surface area contributed by atoms with Gasteiger partial charge in [-0.25, -0.2) is 0 Å². The first-order valence-electron chi connectivity index (χ1n) is 8.61. The van der Waals surface area contributed by atoms with Crippen LogP contribution in [0.5, 0.6) is 0 Å². The Balaban J connectivity index is 2.24. The molecule has 2 aromatic rings. The lowest BCUT2D eigenvalue weighted by Crippen LogP contribution is -2.05. The zero-order valence-electron chi connectivity index (χ0n) is 15.3. The number of aryl methyl sites for hydroxylation is 2. The molecule has 1 heterocycles. The molecule has 0 aliphatic rings. The molecule has 0 saturated heterocycles. The van der Waals surface area contributed by atoms with Gasteiger partial charge in [-0.15, -0.1) is 0 Å². The second-order valence-corrected chi connectivity index (χ2v) is 6.04. The molecule has 1 aromatic heterocycles. The third-order valence-electron chi connectivity index (χ3n) is 4.10. The maximum atomic E-state index is 12.5. The molecule has 0 amide bonds. The molecule has 0 bridgehead atoms. The number of rotatable bonds is 7. The second-order valence-electron chi connectivity index (χ2n) is 6.04. The molecule has 0 saturated carbocycles. The molecule has 0 fully saturated rings. The van der Waals surface area contributed by atoms with Crippen LogP contribution in [0.15, 0.2) is 67.4 Å². The molecule has 0 atom stereocenters. The molecule has 0 N–H and O–H groups in total. The van der Waals surface area contributed by atoms with Crippen LogP contribution in [0.4, 0.5) is 0 Å². The molecule has 0 spiro atoms. The normalized spacial score (nSPS) is 11.3. The van der Waals surface area contributed by atoms with Crippen molar-refractivity contribution in [2.24, 2.45) is 0 Å². The van der Waals surface area contributed by atoms with Crippen molar-refractivity contribution in [3.63, 3.8) is 0 Å². The van der Waals surface area contributed by atoms with E-state index in [0.29, 0.717) is 12.0 Å². The first-order valence-corrected chi connectivity index (χ1v) is 8.61. The summed E-state index contributed by atoms with van der Waals surface area (Å²) in [7, 11) is 0. The second kappa shape index (κ2) is 8.93. The Morgan fingerprint density at radius 2 is 2.00 bits per heavy atom. The van der Waals surface area contributed by atoms with E-state index in [-0.39, 0.29) is 5.78 Å². The summed E-state index contributed by atoms with van der Waals surface area (Å²) in [5.41, 5.74) is 5.87. The van der Waals surface area contributed by atoms with Crippen LogP contribution in [0.2, 0.25) is 0 Å². The van der Waals surface area contributed by atoms with E-state index < -0.39 is 0 Å². The minimum atomic E-state index is 0.0813. The Labute approximate surface area is 150 Å². The predicted octanol–water partition coefficient (Wildman–Crippen LogP) is 5.52. The summed E-state index contributed by atoms with van der Waals surface area (Å²) in [4.78, 5) is 16.7. The number of allylic oxidation sites excluding steroid dienone is 5. The number of hydrogen-bond acceptors (Lipinski definition) is 2. The number of benzene rings is 1. The lowest BCUT2D eigenvalue weighted by atomic mass is 9.94. The highest BCUT2D eigenvalue weighted by atomic mass is 16.1. The zero-order valence-corrected chi connectivity index (χ0v) is 15.3. The Hall–Kier alpha value is -2.74. The molecule has 0 aliphatic carbocycles. The molecule has 128 valence electrons. The van der Waals surface area contributed by atoms with Crippen molar-refractivity contribution in [1.29, 1.82) is 0 Å². The Morgan fingerprint density at radius 3 is 2.64 bits per heavy atom. The van der Waals surface area contributed by atoms with E-state index in [1.54, 1.807) is 6.20 Å². The minimum absolute atomic E-state index is 0.0813. The highest BCUT2D eigenvalue weighted by Crippen LogP contribution is 2.22. The Bertz CT molecular complexity index is 810. The Kier molecular flexibility index (Phi) is 6.64. The van der Waals surface area contributed by atoms with E-state index in [4.69, 9.17) is 0 Å². The van der Waals surface area contributed by atoms with E-state index in [2.05, 4.69) is 30.6 Å². The van der Waals surface area contributed by atoms with Crippen LogP contribution in [0.25, 0.3) is 5.57 Å². The van der Waals surface area contributed by atoms with Gasteiger partial charge in [-0.1, -0.05) is 56.0 Å². The van der Waals surface area contributed by atoms with Crippen molar-refractivity contribution in [1.82, 2.24) is 4.98 Å². The number of carbonyl (C=O) groups excluding carboxylic acids is 1. The van der Waals surface area contributed by atoms with Gasteiger partial charge < -0.3 is 0 Å². The zero-order chi connectivity index (χ0) is 18.2. The number of hydrogen-bond donors (Lipinski definition) is 0. The SMILES string of the molecule is C=C(/C=C\C=C/C)c1cc(CC(=O)c2ccc(C)nc2)ccc1CC. The van der Waals surface area contributed by atoms with Gasteiger partial charge in [0, 0.05) is 23.9 Å². The van der Waals surface area contributed by atoms with Crippen LogP contribution >= 0.6 is 0 Å². The van der Waals surface area contributed by atoms with Gasteiger partial charge in [0.05, 0.1) is 0 Å². The molecule has 2 rings (SSSR count). The maximum absolute atomic E-state index is 12.5. The smallest absolute Gasteiger partial charge is 0.168 e. The number of aromatic nitrogens is 1. The number of Topliss-reactive ketones (excluding diaryl/α,β-unsaturated/α-hetero) is 1. The fourth-order valence-corrected chi connectivity index (χ4v) is 2.63. The summed E-state index contributed by atoms with van der Waals surface area (Å²) in [6.07, 6.45) is 10.9. The maximum Gasteiger partial charge on any atom is 0.168 e. The van der Waals surface area contributed by atoms with Crippen molar-refractivity contribution in [2.45, 2.75) is 33.6 Å². The topological polar surface area (TPSA) is 30.0 Å². The van der Waals surface area contributed by atoms with Gasteiger partial charge in [0.15, 0.2) is 5.78 Å². The number of carbonyl (C=O) groups is 1. The van der Waals surface area contributed by atoms with E-state index in [9.17, 15) is 4.79 Å². The van der Waals surface area contributed by atoms with Gasteiger partial charge in [-0.3, -0.25) is 9.78 Å². The van der Waals surface area contributed by atoms with Gasteiger partial charge >= 0.3 is 0 Å². The van der Waals surface area contributed by atoms with Crippen LogP contribution in [0, 0.1) is 6.92 Å². The molecule has 1 aromatic carbocycles. The summed E-state index contributed by atoms with van der Waals surface area (Å²) >= 11 is 0. The molecule has 0 radical (unpaired) electrons. The molecule has 2 heteroatoms. The van der Waals surface area contributed by atoms with Crippen LogP contribution in [-0.4, -0.2) is 10.8 Å². The van der Waals surface area contributed by atoms with Crippen molar-refractivity contribution < 1.29 is 4.79 Å². The lowest BCUT2D eigenvalue weighted by Gasteiger charge is -2.11. The monoisotopic (exact) mass is 331 g/mol. The molecular formula is C23H25NO. The lowest BCUT2D eigenvalue weighted by molar-refractivity contribution is 0.0992. The standard InChI is InChI=1S/C23H25NO/c1-5-7-8-9-17(3)22-14-19(11-13-20(22)6-2)15-23(25)21-12-10-18(4)24-16-21/h5,7-14,16H,3,6,15H2,1-2,4H3/b7-5-,9-8-. The first kappa shape index (κ1) is 18.6. The number of ketones is 1. The van der Waals surface area contributed by atoms with E-state index in [1.807, 2.05) is 56.4 Å². The van der Waals surface area contributed by atoms with E-state index in [1.165, 1.54) is 5.56 Å². The van der Waals surface area contributed by atoms with Gasteiger partial charge in [-0.2, -0.15) is 0 Å². The van der Waals surface area contributed by atoms with E-state index >= 15 is 0 Å². The largest absolute Gasteiger partial charge is 0.294 e. The highest BCUT2D eigenvalue weighted by Gasteiger charge is 2.10. The average molecular weight is 331 g/mol. The van der Waals surface area contributed by atoms with Gasteiger partial charge in [0.2, 0.25) is 0 Å². The van der Waals surface area contributed by atoms with Crippen LogP contribution < -0.4 is 0 Å². The van der Waals surface area contributed by atoms with Gasteiger partial charge in [-0.05, 0) is 54.7 Å². The van der Waals surface area contributed by atoms with Crippen molar-refractivity contribution in [3.05, 3.63) is 95.4 Å². The van der Waals surface area contributed by atoms with Gasteiger partial charge in [0.25, 0.3) is 0 Å². The summed E-state index contributed by atoms with van der Waals surface area (Å²) in [5.74, 6) is 0.0813. The summed E-state index contributed by atoms with van der Waals surface area (Å²) in [5, 5.41) is 0. The molecule has 0 aliphatic heterocycles. The fraction of sp³-hybridized carbons (Fsp3) is 0.217. The molecule has 0 unspecified atom stereocenters. The first-order chi connectivity index (χ1) is 12.0. The van der Waals surface area contributed by atoms with Crippen LogP contribution in [0.1, 0.15) is 46.6 Å². The van der Waals surface area contributed by atoms with Crippen molar-refractivity contribution in [2.75, 3.05) is 0 Å². The van der Waals surface area contributed by atoms with Crippen LogP contribution in [0.3, 0.4) is 0 Å². The summed E-state index contributed by atoms with van der Waals surface area (Å²) < 4.78 is 0. The number of pyridine rings is 1. The van der Waals surface area contributed by atoms with Crippen LogP contribution in [-0.2, 0) is 12.8 Å². The molecular weight excluding hydrogens is 306 g/mol. The molecule has 25 heavy (non-hydrogen) atoms.